The Kier molecular flexibility index (Phi) is 5.45. The highest BCUT2D eigenvalue weighted by Gasteiger charge is 2.24. The summed E-state index contributed by atoms with van der Waals surface area (Å²) in [6, 6.07) is 0.443. The molecule has 0 aromatic carbocycles. The topological polar surface area (TPSA) is 30.5 Å². The highest BCUT2D eigenvalue weighted by molar-refractivity contribution is 5.11. The van der Waals surface area contributed by atoms with E-state index in [0.717, 1.165) is 19.4 Å². The maximum Gasteiger partial charge on any atom is 0.145 e. The molecule has 1 aliphatic rings. The molecule has 3 nitrogen and oxygen atoms in total. The van der Waals surface area contributed by atoms with Crippen LogP contribution >= 0.6 is 0 Å². The minimum absolute atomic E-state index is 0.00951. The van der Waals surface area contributed by atoms with Crippen molar-refractivity contribution in [3.8, 4) is 11.8 Å². The Balaban J connectivity index is 2.64. The van der Waals surface area contributed by atoms with E-state index in [0.29, 0.717) is 11.5 Å². The van der Waals surface area contributed by atoms with Gasteiger partial charge in [-0.25, -0.2) is 0 Å². The predicted octanol–water partition coefficient (Wildman–Crippen LogP) is 1.82. The molecule has 1 unspecified atom stereocenters. The monoisotopic (exact) mass is 239 g/mol. The summed E-state index contributed by atoms with van der Waals surface area (Å²) >= 11 is 0. The van der Waals surface area contributed by atoms with Crippen molar-refractivity contribution in [3.63, 3.8) is 0 Å². The molecule has 1 N–H and O–H groups in total. The summed E-state index contributed by atoms with van der Waals surface area (Å²) in [4.78, 5) is 0. The fourth-order valence-electron chi connectivity index (χ4n) is 2.14. The molecule has 0 fully saturated rings. The van der Waals surface area contributed by atoms with Crippen molar-refractivity contribution in [1.29, 1.82) is 0 Å². The minimum atomic E-state index is -0.122. The van der Waals surface area contributed by atoms with Gasteiger partial charge in [-0.2, -0.15) is 0 Å². The van der Waals surface area contributed by atoms with E-state index >= 15 is 0 Å². The Morgan fingerprint density at radius 1 is 1.24 bits per heavy atom. The average molecular weight is 239 g/mol. The number of hydrogen-bond donors (Lipinski definition) is 1. The molecule has 1 aliphatic heterocycles. The van der Waals surface area contributed by atoms with Crippen molar-refractivity contribution in [2.75, 3.05) is 20.8 Å². The summed E-state index contributed by atoms with van der Waals surface area (Å²) in [7, 11) is 3.39. The summed E-state index contributed by atoms with van der Waals surface area (Å²) in [5.41, 5.74) is 0.321. The molecule has 0 amide bonds. The molecule has 0 saturated heterocycles. The third-order valence-electron chi connectivity index (χ3n) is 2.95. The van der Waals surface area contributed by atoms with Crippen molar-refractivity contribution in [1.82, 2.24) is 5.32 Å². The van der Waals surface area contributed by atoms with Gasteiger partial charge >= 0.3 is 0 Å². The molecule has 3 atom stereocenters. The average Bonchev–Trinajstić information content (AvgIpc) is 2.21. The molecule has 0 aromatic heterocycles. The van der Waals surface area contributed by atoms with Crippen molar-refractivity contribution in [3.05, 3.63) is 0 Å². The van der Waals surface area contributed by atoms with E-state index in [1.807, 2.05) is 0 Å². The molecule has 0 bridgehead atoms. The quantitative estimate of drug-likeness (QED) is 0.762. The summed E-state index contributed by atoms with van der Waals surface area (Å²) in [6.07, 6.45) is 1.89. The van der Waals surface area contributed by atoms with Gasteiger partial charge in [0.25, 0.3) is 0 Å². The van der Waals surface area contributed by atoms with E-state index < -0.39 is 0 Å². The molecule has 1 rings (SSSR count). The van der Waals surface area contributed by atoms with E-state index in [4.69, 9.17) is 9.47 Å². The highest BCUT2D eigenvalue weighted by Crippen LogP contribution is 2.22. The van der Waals surface area contributed by atoms with Gasteiger partial charge in [-0.1, -0.05) is 32.6 Å². The number of nitrogens with one attached hydrogen (secondary N) is 1. The maximum atomic E-state index is 5.42. The van der Waals surface area contributed by atoms with Crippen LogP contribution in [0.5, 0.6) is 0 Å². The Bertz CT molecular complexity index is 285. The van der Waals surface area contributed by atoms with Crippen LogP contribution in [0.15, 0.2) is 0 Å². The molecular formula is C14H25NO2. The number of rotatable bonds is 3. The van der Waals surface area contributed by atoms with Gasteiger partial charge in [-0.3, -0.25) is 0 Å². The molecule has 3 heteroatoms. The van der Waals surface area contributed by atoms with Crippen molar-refractivity contribution in [2.24, 2.45) is 5.41 Å². The predicted molar refractivity (Wildman–Crippen MR) is 69.8 cm³/mol. The standard InChI is InChI=1S/C14H25NO2/c1-14(2,3)9-11-7-6-8-12(16-4)13(17-5)10-15-11/h11-13,15H,7,9-10H2,1-5H3/t11?,12-,13-/m0/s1. The summed E-state index contributed by atoms with van der Waals surface area (Å²) in [5.74, 6) is 6.36. The zero-order chi connectivity index (χ0) is 12.9. The number of methoxy groups -OCH3 is 2. The van der Waals surface area contributed by atoms with Gasteiger partial charge in [0.05, 0.1) is 0 Å². The fourth-order valence-corrected chi connectivity index (χ4v) is 2.14. The van der Waals surface area contributed by atoms with Gasteiger partial charge < -0.3 is 14.8 Å². The Labute approximate surface area is 105 Å². The van der Waals surface area contributed by atoms with Crippen LogP contribution in [0.25, 0.3) is 0 Å². The molecule has 0 radical (unpaired) electrons. The highest BCUT2D eigenvalue weighted by atomic mass is 16.5. The lowest BCUT2D eigenvalue weighted by atomic mass is 9.86. The summed E-state index contributed by atoms with van der Waals surface area (Å²) in [6.45, 7) is 7.57. The van der Waals surface area contributed by atoms with E-state index in [1.54, 1.807) is 14.2 Å². The van der Waals surface area contributed by atoms with Crippen LogP contribution in [-0.4, -0.2) is 39.0 Å². The van der Waals surface area contributed by atoms with Gasteiger partial charge in [0.2, 0.25) is 0 Å². The first-order chi connectivity index (χ1) is 7.96. The van der Waals surface area contributed by atoms with Gasteiger partial charge in [-0.15, -0.1) is 0 Å². The van der Waals surface area contributed by atoms with Crippen LogP contribution in [0.1, 0.15) is 33.6 Å². The number of ether oxygens (including phenoxy) is 2. The maximum absolute atomic E-state index is 5.42. The first-order valence-electron chi connectivity index (χ1n) is 6.23. The molecular weight excluding hydrogens is 214 g/mol. The fraction of sp³-hybridized carbons (Fsp3) is 0.857. The van der Waals surface area contributed by atoms with Gasteiger partial charge in [-0.05, 0) is 11.8 Å². The van der Waals surface area contributed by atoms with Crippen LogP contribution in [0, 0.1) is 17.3 Å². The molecule has 0 aromatic rings. The van der Waals surface area contributed by atoms with E-state index in [1.165, 1.54) is 0 Å². The SMILES string of the molecule is CO[C@H]1C#CCC(CC(C)(C)C)NC[C@@H]1OC. The lowest BCUT2D eigenvalue weighted by Gasteiger charge is -2.29. The van der Waals surface area contributed by atoms with E-state index in [2.05, 4.69) is 37.9 Å². The first-order valence-corrected chi connectivity index (χ1v) is 6.23. The van der Waals surface area contributed by atoms with Crippen LogP contribution in [0.2, 0.25) is 0 Å². The van der Waals surface area contributed by atoms with Crippen LogP contribution < -0.4 is 5.32 Å². The molecule has 17 heavy (non-hydrogen) atoms. The second-order valence-corrected chi connectivity index (χ2v) is 5.83. The van der Waals surface area contributed by atoms with Crippen molar-refractivity contribution >= 4 is 0 Å². The van der Waals surface area contributed by atoms with E-state index in [9.17, 15) is 0 Å². The van der Waals surface area contributed by atoms with E-state index in [-0.39, 0.29) is 12.2 Å². The van der Waals surface area contributed by atoms with Gasteiger partial charge in [0, 0.05) is 33.2 Å². The third kappa shape index (κ3) is 5.08. The zero-order valence-corrected chi connectivity index (χ0v) is 11.7. The first kappa shape index (κ1) is 14.5. The molecule has 0 saturated carbocycles. The molecule has 0 spiro atoms. The number of hydrogen-bond acceptors (Lipinski definition) is 3. The Morgan fingerprint density at radius 3 is 2.47 bits per heavy atom. The van der Waals surface area contributed by atoms with Crippen molar-refractivity contribution < 1.29 is 9.47 Å². The van der Waals surface area contributed by atoms with Crippen LogP contribution in [-0.2, 0) is 9.47 Å². The van der Waals surface area contributed by atoms with Gasteiger partial charge in [0.1, 0.15) is 12.2 Å². The van der Waals surface area contributed by atoms with Crippen LogP contribution in [0.3, 0.4) is 0 Å². The van der Waals surface area contributed by atoms with Gasteiger partial charge in [0.15, 0.2) is 0 Å². The second-order valence-electron chi connectivity index (χ2n) is 5.83. The minimum Gasteiger partial charge on any atom is -0.376 e. The molecule has 98 valence electrons. The summed E-state index contributed by atoms with van der Waals surface area (Å²) < 4.78 is 10.7. The molecule has 1 heterocycles. The lowest BCUT2D eigenvalue weighted by Crippen LogP contribution is -2.44. The Hall–Kier alpha value is -0.560. The summed E-state index contributed by atoms with van der Waals surface area (Å²) in [5, 5.41) is 3.54. The Morgan fingerprint density at radius 2 is 1.94 bits per heavy atom. The zero-order valence-electron chi connectivity index (χ0n) is 11.7. The largest absolute Gasteiger partial charge is 0.376 e. The lowest BCUT2D eigenvalue weighted by molar-refractivity contribution is -0.00821. The van der Waals surface area contributed by atoms with Crippen molar-refractivity contribution in [2.45, 2.75) is 51.9 Å². The third-order valence-corrected chi connectivity index (χ3v) is 2.95. The normalized spacial score (nSPS) is 30.1. The van der Waals surface area contributed by atoms with Crippen LogP contribution in [0.4, 0.5) is 0 Å². The molecule has 0 aliphatic carbocycles. The second kappa shape index (κ2) is 6.39. The smallest absolute Gasteiger partial charge is 0.145 e.